The minimum atomic E-state index is 0.296. The fourth-order valence-corrected chi connectivity index (χ4v) is 1.79. The SMILES string of the molecule is CNC(=S)N[C@@H](C)c1cccs1. The summed E-state index contributed by atoms with van der Waals surface area (Å²) in [6.45, 7) is 2.09. The lowest BCUT2D eigenvalue weighted by atomic mass is 10.3. The molecular formula is C8H12N2S2. The molecule has 0 amide bonds. The van der Waals surface area contributed by atoms with Crippen LogP contribution in [-0.2, 0) is 0 Å². The molecule has 1 heterocycles. The van der Waals surface area contributed by atoms with Crippen molar-refractivity contribution < 1.29 is 0 Å². The van der Waals surface area contributed by atoms with E-state index in [9.17, 15) is 0 Å². The predicted octanol–water partition coefficient (Wildman–Crippen LogP) is 1.90. The van der Waals surface area contributed by atoms with E-state index in [1.165, 1.54) is 4.88 Å². The zero-order valence-corrected chi connectivity index (χ0v) is 8.76. The molecule has 0 aliphatic carbocycles. The molecule has 1 aromatic heterocycles. The average molecular weight is 200 g/mol. The summed E-state index contributed by atoms with van der Waals surface area (Å²) >= 11 is 6.72. The second-order valence-electron chi connectivity index (χ2n) is 2.46. The van der Waals surface area contributed by atoms with E-state index in [4.69, 9.17) is 12.2 Å². The van der Waals surface area contributed by atoms with Gasteiger partial charge in [0.2, 0.25) is 0 Å². The predicted molar refractivity (Wildman–Crippen MR) is 57.5 cm³/mol. The van der Waals surface area contributed by atoms with Crippen molar-refractivity contribution in [3.05, 3.63) is 22.4 Å². The highest BCUT2D eigenvalue weighted by Gasteiger charge is 2.05. The third-order valence-corrected chi connectivity index (χ3v) is 2.92. The van der Waals surface area contributed by atoms with E-state index in [-0.39, 0.29) is 0 Å². The maximum atomic E-state index is 4.99. The Kier molecular flexibility index (Phi) is 3.49. The molecular weight excluding hydrogens is 188 g/mol. The number of thiocarbonyl (C=S) groups is 1. The summed E-state index contributed by atoms with van der Waals surface area (Å²) in [5.74, 6) is 0. The van der Waals surface area contributed by atoms with Gasteiger partial charge in [0.1, 0.15) is 0 Å². The molecule has 0 aliphatic rings. The molecule has 2 N–H and O–H groups in total. The second kappa shape index (κ2) is 4.42. The van der Waals surface area contributed by atoms with Crippen LogP contribution in [0.15, 0.2) is 17.5 Å². The van der Waals surface area contributed by atoms with Gasteiger partial charge in [-0.1, -0.05) is 6.07 Å². The van der Waals surface area contributed by atoms with Crippen molar-refractivity contribution in [3.63, 3.8) is 0 Å². The lowest BCUT2D eigenvalue weighted by Gasteiger charge is -2.13. The first-order valence-corrected chi connectivity index (χ1v) is 5.04. The molecule has 0 spiro atoms. The standard InChI is InChI=1S/C8H12N2S2/c1-6(10-8(11)9-2)7-4-3-5-12-7/h3-6H,1-2H3,(H2,9,10,11)/t6-/m0/s1. The molecule has 0 fully saturated rings. The van der Waals surface area contributed by atoms with Gasteiger partial charge in [-0.25, -0.2) is 0 Å². The monoisotopic (exact) mass is 200 g/mol. The summed E-state index contributed by atoms with van der Waals surface area (Å²) in [5, 5.41) is 8.80. The van der Waals surface area contributed by atoms with Crippen LogP contribution in [0.5, 0.6) is 0 Å². The molecule has 0 unspecified atom stereocenters. The fourth-order valence-electron chi connectivity index (χ4n) is 0.878. The summed E-state index contributed by atoms with van der Waals surface area (Å²) in [6.07, 6.45) is 0. The van der Waals surface area contributed by atoms with E-state index < -0.39 is 0 Å². The highest BCUT2D eigenvalue weighted by molar-refractivity contribution is 7.80. The van der Waals surface area contributed by atoms with Crippen LogP contribution in [0.4, 0.5) is 0 Å². The van der Waals surface area contributed by atoms with Gasteiger partial charge in [0.15, 0.2) is 5.11 Å². The van der Waals surface area contributed by atoms with E-state index in [0.717, 1.165) is 0 Å². The van der Waals surface area contributed by atoms with Crippen molar-refractivity contribution in [2.24, 2.45) is 0 Å². The van der Waals surface area contributed by atoms with Crippen molar-refractivity contribution >= 4 is 28.7 Å². The first-order valence-electron chi connectivity index (χ1n) is 3.75. The first kappa shape index (κ1) is 9.48. The van der Waals surface area contributed by atoms with E-state index in [1.807, 2.05) is 13.1 Å². The number of thiophene rings is 1. The largest absolute Gasteiger partial charge is 0.366 e. The molecule has 2 nitrogen and oxygen atoms in total. The molecule has 1 atom stereocenters. The van der Waals surface area contributed by atoms with Crippen molar-refractivity contribution in [1.29, 1.82) is 0 Å². The Hall–Kier alpha value is -0.610. The summed E-state index contributed by atoms with van der Waals surface area (Å²) in [7, 11) is 1.82. The Morgan fingerprint density at radius 1 is 1.67 bits per heavy atom. The molecule has 1 rings (SSSR count). The van der Waals surface area contributed by atoms with Crippen molar-refractivity contribution in [1.82, 2.24) is 10.6 Å². The van der Waals surface area contributed by atoms with Gasteiger partial charge >= 0.3 is 0 Å². The van der Waals surface area contributed by atoms with Gasteiger partial charge in [0, 0.05) is 11.9 Å². The Balaban J connectivity index is 2.49. The van der Waals surface area contributed by atoms with Crippen LogP contribution < -0.4 is 10.6 Å². The van der Waals surface area contributed by atoms with E-state index in [1.54, 1.807) is 11.3 Å². The lowest BCUT2D eigenvalue weighted by molar-refractivity contribution is 0.723. The van der Waals surface area contributed by atoms with Crippen LogP contribution in [0, 0.1) is 0 Å². The third kappa shape index (κ3) is 2.46. The number of hydrogen-bond acceptors (Lipinski definition) is 2. The van der Waals surface area contributed by atoms with Crippen molar-refractivity contribution in [2.75, 3.05) is 7.05 Å². The van der Waals surface area contributed by atoms with Crippen molar-refractivity contribution in [3.8, 4) is 0 Å². The van der Waals surface area contributed by atoms with Crippen LogP contribution in [-0.4, -0.2) is 12.2 Å². The Bertz CT molecular complexity index is 244. The fraction of sp³-hybridized carbons (Fsp3) is 0.375. The Morgan fingerprint density at radius 3 is 2.92 bits per heavy atom. The van der Waals surface area contributed by atoms with Gasteiger partial charge in [-0.3, -0.25) is 0 Å². The summed E-state index contributed by atoms with van der Waals surface area (Å²) in [5.41, 5.74) is 0. The van der Waals surface area contributed by atoms with Crippen molar-refractivity contribution in [2.45, 2.75) is 13.0 Å². The van der Waals surface area contributed by atoms with Crippen LogP contribution in [0.25, 0.3) is 0 Å². The Labute approximate surface area is 82.0 Å². The van der Waals surface area contributed by atoms with Crippen LogP contribution in [0.1, 0.15) is 17.8 Å². The van der Waals surface area contributed by atoms with E-state index >= 15 is 0 Å². The highest BCUT2D eigenvalue weighted by atomic mass is 32.1. The normalized spacial score (nSPS) is 12.2. The summed E-state index contributed by atoms with van der Waals surface area (Å²) in [6, 6.07) is 4.44. The molecule has 0 saturated carbocycles. The maximum absolute atomic E-state index is 4.99. The molecule has 66 valence electrons. The zero-order chi connectivity index (χ0) is 8.97. The molecule has 12 heavy (non-hydrogen) atoms. The molecule has 0 aromatic carbocycles. The second-order valence-corrected chi connectivity index (χ2v) is 3.85. The van der Waals surface area contributed by atoms with E-state index in [2.05, 4.69) is 29.0 Å². The molecule has 0 radical (unpaired) electrons. The van der Waals surface area contributed by atoms with Gasteiger partial charge in [-0.05, 0) is 30.6 Å². The molecule has 0 bridgehead atoms. The van der Waals surface area contributed by atoms with E-state index in [0.29, 0.717) is 11.2 Å². The van der Waals surface area contributed by atoms with Gasteiger partial charge in [0.25, 0.3) is 0 Å². The molecule has 4 heteroatoms. The molecule has 0 saturated heterocycles. The average Bonchev–Trinajstić information content (AvgIpc) is 2.56. The topological polar surface area (TPSA) is 24.1 Å². The van der Waals surface area contributed by atoms with Crippen LogP contribution in [0.3, 0.4) is 0 Å². The smallest absolute Gasteiger partial charge is 0.166 e. The minimum Gasteiger partial charge on any atom is -0.366 e. The summed E-state index contributed by atoms with van der Waals surface area (Å²) in [4.78, 5) is 1.30. The number of rotatable bonds is 2. The summed E-state index contributed by atoms with van der Waals surface area (Å²) < 4.78 is 0. The van der Waals surface area contributed by atoms with Gasteiger partial charge in [-0.2, -0.15) is 0 Å². The third-order valence-electron chi connectivity index (χ3n) is 1.54. The lowest BCUT2D eigenvalue weighted by Crippen LogP contribution is -2.33. The minimum absolute atomic E-state index is 0.296. The van der Waals surface area contributed by atoms with Crippen LogP contribution in [0.2, 0.25) is 0 Å². The highest BCUT2D eigenvalue weighted by Crippen LogP contribution is 2.17. The molecule has 0 aliphatic heterocycles. The zero-order valence-electron chi connectivity index (χ0n) is 7.13. The van der Waals surface area contributed by atoms with Gasteiger partial charge < -0.3 is 10.6 Å². The first-order chi connectivity index (χ1) is 5.74. The number of nitrogens with one attached hydrogen (secondary N) is 2. The van der Waals surface area contributed by atoms with Gasteiger partial charge in [0.05, 0.1) is 6.04 Å². The quantitative estimate of drug-likeness (QED) is 0.713. The maximum Gasteiger partial charge on any atom is 0.166 e. The number of hydrogen-bond donors (Lipinski definition) is 2. The Morgan fingerprint density at radius 2 is 2.42 bits per heavy atom. The van der Waals surface area contributed by atoms with Crippen LogP contribution >= 0.6 is 23.6 Å². The van der Waals surface area contributed by atoms with Gasteiger partial charge in [-0.15, -0.1) is 11.3 Å². The molecule has 1 aromatic rings.